The second-order valence-electron chi connectivity index (χ2n) is 4.30. The summed E-state index contributed by atoms with van der Waals surface area (Å²) in [5.74, 6) is 0.0834. The van der Waals surface area contributed by atoms with Gasteiger partial charge in [0, 0.05) is 9.13 Å². The largest absolute Gasteiger partial charge is 0.508 e. The zero-order valence-corrected chi connectivity index (χ0v) is 12.6. The topological polar surface area (TPSA) is 49.3 Å². The standard InChI is InChI=1S/C15H14INO2/c1-10(12-3-2-4-14(18)9-12)17-15(19)11-5-7-13(16)8-6-11/h2-10,18H,1H3,(H,17,19). The van der Waals surface area contributed by atoms with Crippen LogP contribution >= 0.6 is 22.6 Å². The minimum Gasteiger partial charge on any atom is -0.508 e. The number of aromatic hydroxyl groups is 1. The van der Waals surface area contributed by atoms with Crippen molar-refractivity contribution in [3.05, 3.63) is 63.2 Å². The number of phenolic OH excluding ortho intramolecular Hbond substituents is 1. The highest BCUT2D eigenvalue weighted by Crippen LogP contribution is 2.18. The van der Waals surface area contributed by atoms with Crippen molar-refractivity contribution in [3.63, 3.8) is 0 Å². The van der Waals surface area contributed by atoms with Crippen LogP contribution in [0.4, 0.5) is 0 Å². The summed E-state index contributed by atoms with van der Waals surface area (Å²) < 4.78 is 1.09. The van der Waals surface area contributed by atoms with Crippen LogP contribution in [0.3, 0.4) is 0 Å². The summed E-state index contributed by atoms with van der Waals surface area (Å²) in [5.41, 5.74) is 1.51. The molecule has 0 aromatic heterocycles. The van der Waals surface area contributed by atoms with Gasteiger partial charge in [0.1, 0.15) is 5.75 Å². The summed E-state index contributed by atoms with van der Waals surface area (Å²) in [7, 11) is 0. The number of phenols is 1. The van der Waals surface area contributed by atoms with Crippen molar-refractivity contribution in [3.8, 4) is 5.75 Å². The molecule has 0 aliphatic rings. The monoisotopic (exact) mass is 367 g/mol. The van der Waals surface area contributed by atoms with E-state index >= 15 is 0 Å². The molecule has 1 amide bonds. The van der Waals surface area contributed by atoms with E-state index in [-0.39, 0.29) is 17.7 Å². The fourth-order valence-corrected chi connectivity index (χ4v) is 2.12. The highest BCUT2D eigenvalue weighted by atomic mass is 127. The van der Waals surface area contributed by atoms with Crippen LogP contribution in [0.5, 0.6) is 5.75 Å². The van der Waals surface area contributed by atoms with Crippen molar-refractivity contribution in [1.82, 2.24) is 5.32 Å². The van der Waals surface area contributed by atoms with Crippen molar-refractivity contribution in [2.45, 2.75) is 13.0 Å². The van der Waals surface area contributed by atoms with Crippen LogP contribution in [0, 0.1) is 3.57 Å². The fourth-order valence-electron chi connectivity index (χ4n) is 1.76. The van der Waals surface area contributed by atoms with Crippen LogP contribution in [-0.2, 0) is 0 Å². The number of rotatable bonds is 3. The van der Waals surface area contributed by atoms with Crippen LogP contribution in [0.2, 0.25) is 0 Å². The van der Waals surface area contributed by atoms with Gasteiger partial charge in [0.2, 0.25) is 0 Å². The lowest BCUT2D eigenvalue weighted by molar-refractivity contribution is 0.0940. The first-order chi connectivity index (χ1) is 9.06. The number of halogens is 1. The normalized spacial score (nSPS) is 11.9. The number of carbonyl (C=O) groups excluding carboxylic acids is 1. The lowest BCUT2D eigenvalue weighted by Crippen LogP contribution is -2.26. The predicted octanol–water partition coefficient (Wildman–Crippen LogP) is 3.49. The Morgan fingerprint density at radius 2 is 1.89 bits per heavy atom. The van der Waals surface area contributed by atoms with E-state index in [1.807, 2.05) is 25.1 Å². The Bertz CT molecular complexity index is 581. The Kier molecular flexibility index (Phi) is 4.42. The molecular weight excluding hydrogens is 353 g/mol. The molecule has 0 radical (unpaired) electrons. The molecule has 3 nitrogen and oxygen atoms in total. The molecule has 1 atom stereocenters. The van der Waals surface area contributed by atoms with E-state index in [1.165, 1.54) is 0 Å². The molecule has 2 rings (SSSR count). The first-order valence-electron chi connectivity index (χ1n) is 5.91. The van der Waals surface area contributed by atoms with E-state index < -0.39 is 0 Å². The zero-order chi connectivity index (χ0) is 13.8. The van der Waals surface area contributed by atoms with Crippen molar-refractivity contribution in [2.24, 2.45) is 0 Å². The average Bonchev–Trinajstić information content (AvgIpc) is 2.39. The van der Waals surface area contributed by atoms with Crippen molar-refractivity contribution < 1.29 is 9.90 Å². The minimum atomic E-state index is -0.154. The number of hydrogen-bond acceptors (Lipinski definition) is 2. The van der Waals surface area contributed by atoms with Gasteiger partial charge in [-0.1, -0.05) is 12.1 Å². The maximum atomic E-state index is 12.0. The van der Waals surface area contributed by atoms with Gasteiger partial charge in [0.05, 0.1) is 6.04 Å². The van der Waals surface area contributed by atoms with E-state index in [4.69, 9.17) is 0 Å². The van der Waals surface area contributed by atoms with Gasteiger partial charge in [-0.25, -0.2) is 0 Å². The molecule has 2 N–H and O–H groups in total. The molecule has 2 aromatic carbocycles. The fraction of sp³-hybridized carbons (Fsp3) is 0.133. The third kappa shape index (κ3) is 3.70. The smallest absolute Gasteiger partial charge is 0.251 e. The molecule has 2 aromatic rings. The SMILES string of the molecule is CC(NC(=O)c1ccc(I)cc1)c1cccc(O)c1. The van der Waals surface area contributed by atoms with E-state index in [0.717, 1.165) is 9.13 Å². The first-order valence-corrected chi connectivity index (χ1v) is 6.99. The van der Waals surface area contributed by atoms with Crippen molar-refractivity contribution >= 4 is 28.5 Å². The average molecular weight is 367 g/mol. The molecule has 0 fully saturated rings. The highest BCUT2D eigenvalue weighted by molar-refractivity contribution is 14.1. The molecule has 19 heavy (non-hydrogen) atoms. The van der Waals surface area contributed by atoms with Crippen LogP contribution in [0.15, 0.2) is 48.5 Å². The molecule has 0 saturated heterocycles. The second kappa shape index (κ2) is 6.06. The predicted molar refractivity (Wildman–Crippen MR) is 83.1 cm³/mol. The second-order valence-corrected chi connectivity index (χ2v) is 5.54. The van der Waals surface area contributed by atoms with E-state index in [0.29, 0.717) is 5.56 Å². The number of benzene rings is 2. The summed E-state index contributed by atoms with van der Waals surface area (Å²) in [4.78, 5) is 12.0. The molecule has 4 heteroatoms. The molecular formula is C15H14INO2. The van der Waals surface area contributed by atoms with Gasteiger partial charge in [0.15, 0.2) is 0 Å². The summed E-state index contributed by atoms with van der Waals surface area (Å²) in [5, 5.41) is 12.3. The molecule has 98 valence electrons. The van der Waals surface area contributed by atoms with Gasteiger partial charge in [0.25, 0.3) is 5.91 Å². The van der Waals surface area contributed by atoms with Crippen LogP contribution in [0.1, 0.15) is 28.9 Å². The third-order valence-electron chi connectivity index (χ3n) is 2.82. The van der Waals surface area contributed by atoms with Gasteiger partial charge in [-0.15, -0.1) is 0 Å². The van der Waals surface area contributed by atoms with Crippen LogP contribution < -0.4 is 5.32 Å². The molecule has 0 bridgehead atoms. The zero-order valence-electron chi connectivity index (χ0n) is 10.4. The lowest BCUT2D eigenvalue weighted by atomic mass is 10.1. The van der Waals surface area contributed by atoms with Gasteiger partial charge >= 0.3 is 0 Å². The number of amides is 1. The molecule has 0 aliphatic heterocycles. The first kappa shape index (κ1) is 13.9. The van der Waals surface area contributed by atoms with E-state index in [9.17, 15) is 9.90 Å². The van der Waals surface area contributed by atoms with Gasteiger partial charge in [-0.05, 0) is 71.5 Å². The summed E-state index contributed by atoms with van der Waals surface area (Å²) in [6, 6.07) is 14.1. The van der Waals surface area contributed by atoms with Gasteiger partial charge in [-0.3, -0.25) is 4.79 Å². The molecule has 0 spiro atoms. The Balaban J connectivity index is 2.08. The van der Waals surface area contributed by atoms with Crippen LogP contribution in [0.25, 0.3) is 0 Å². The van der Waals surface area contributed by atoms with Crippen LogP contribution in [-0.4, -0.2) is 11.0 Å². The number of nitrogens with one attached hydrogen (secondary N) is 1. The molecule has 1 unspecified atom stereocenters. The molecule has 0 saturated carbocycles. The molecule has 0 heterocycles. The van der Waals surface area contributed by atoms with Crippen molar-refractivity contribution in [1.29, 1.82) is 0 Å². The Morgan fingerprint density at radius 1 is 1.21 bits per heavy atom. The number of hydrogen-bond donors (Lipinski definition) is 2. The number of carbonyl (C=O) groups is 1. The summed E-state index contributed by atoms with van der Waals surface area (Å²) in [6.45, 7) is 1.89. The van der Waals surface area contributed by atoms with Gasteiger partial charge in [-0.2, -0.15) is 0 Å². The Labute approximate surface area is 125 Å². The summed E-state index contributed by atoms with van der Waals surface area (Å²) in [6.07, 6.45) is 0. The van der Waals surface area contributed by atoms with E-state index in [1.54, 1.807) is 30.3 Å². The molecule has 0 aliphatic carbocycles. The third-order valence-corrected chi connectivity index (χ3v) is 3.54. The summed E-state index contributed by atoms with van der Waals surface area (Å²) >= 11 is 2.20. The highest BCUT2D eigenvalue weighted by Gasteiger charge is 2.11. The van der Waals surface area contributed by atoms with Gasteiger partial charge < -0.3 is 10.4 Å². The maximum Gasteiger partial charge on any atom is 0.251 e. The Morgan fingerprint density at radius 3 is 2.53 bits per heavy atom. The quantitative estimate of drug-likeness (QED) is 0.816. The Hall–Kier alpha value is -1.56. The van der Waals surface area contributed by atoms with E-state index in [2.05, 4.69) is 27.9 Å². The maximum absolute atomic E-state index is 12.0. The minimum absolute atomic E-state index is 0.118. The van der Waals surface area contributed by atoms with Crippen molar-refractivity contribution in [2.75, 3.05) is 0 Å². The lowest BCUT2D eigenvalue weighted by Gasteiger charge is -2.14.